The Morgan fingerprint density at radius 2 is 2.32 bits per heavy atom. The summed E-state index contributed by atoms with van der Waals surface area (Å²) >= 11 is 7.06. The number of rotatable bonds is 6. The van der Waals surface area contributed by atoms with Gasteiger partial charge in [-0.05, 0) is 48.6 Å². The van der Waals surface area contributed by atoms with Crippen molar-refractivity contribution in [3.8, 4) is 0 Å². The van der Waals surface area contributed by atoms with Gasteiger partial charge in [-0.1, -0.05) is 29.1 Å². The van der Waals surface area contributed by atoms with E-state index in [2.05, 4.69) is 21.8 Å². The van der Waals surface area contributed by atoms with Gasteiger partial charge in [0.1, 0.15) is 5.82 Å². The Labute approximate surface area is 121 Å². The van der Waals surface area contributed by atoms with Gasteiger partial charge in [0.2, 0.25) is 0 Å². The van der Waals surface area contributed by atoms with E-state index >= 15 is 0 Å². The third kappa shape index (κ3) is 3.96. The smallest absolute Gasteiger partial charge is 0.142 e. The predicted octanol–water partition coefficient (Wildman–Crippen LogP) is 3.61. The van der Waals surface area contributed by atoms with E-state index in [1.165, 1.54) is 17.6 Å². The van der Waals surface area contributed by atoms with Gasteiger partial charge in [0.25, 0.3) is 0 Å². The fraction of sp³-hybridized carbons (Fsp3) is 0.385. The molecule has 0 fully saturated rings. The molecule has 102 valence electrons. The maximum atomic E-state index is 13.4. The summed E-state index contributed by atoms with van der Waals surface area (Å²) in [6.45, 7) is 3.01. The fourth-order valence-electron chi connectivity index (χ4n) is 1.82. The van der Waals surface area contributed by atoms with Crippen molar-refractivity contribution < 1.29 is 4.39 Å². The molecule has 1 aromatic heterocycles. The van der Waals surface area contributed by atoms with Gasteiger partial charge in [-0.25, -0.2) is 4.39 Å². The van der Waals surface area contributed by atoms with Crippen molar-refractivity contribution in [3.63, 3.8) is 0 Å². The van der Waals surface area contributed by atoms with E-state index in [4.69, 9.17) is 11.6 Å². The van der Waals surface area contributed by atoms with Crippen molar-refractivity contribution in [1.82, 2.24) is 14.9 Å². The summed E-state index contributed by atoms with van der Waals surface area (Å²) in [6, 6.07) is 5.03. The quantitative estimate of drug-likeness (QED) is 0.885. The number of aromatic nitrogens is 2. The van der Waals surface area contributed by atoms with Crippen LogP contribution in [0.3, 0.4) is 0 Å². The van der Waals surface area contributed by atoms with Gasteiger partial charge >= 0.3 is 0 Å². The highest BCUT2D eigenvalue weighted by Crippen LogP contribution is 2.23. The Balaban J connectivity index is 2.13. The molecule has 0 aliphatic rings. The molecule has 0 amide bonds. The molecular weight excluding hydrogens is 285 g/mol. The summed E-state index contributed by atoms with van der Waals surface area (Å²) in [5, 5.41) is 7.44. The molecule has 0 saturated heterocycles. The summed E-state index contributed by atoms with van der Waals surface area (Å²) in [5.74, 6) is -0.379. The lowest BCUT2D eigenvalue weighted by Gasteiger charge is -2.16. The first-order valence-corrected chi connectivity index (χ1v) is 7.30. The van der Waals surface area contributed by atoms with Crippen molar-refractivity contribution in [3.05, 3.63) is 45.7 Å². The lowest BCUT2D eigenvalue weighted by atomic mass is 10.0. The molecule has 0 radical (unpaired) electrons. The normalized spacial score (nSPS) is 12.6. The maximum Gasteiger partial charge on any atom is 0.142 e. The first-order chi connectivity index (χ1) is 9.20. The Morgan fingerprint density at radius 1 is 1.47 bits per heavy atom. The Bertz CT molecular complexity index is 519. The first kappa shape index (κ1) is 14.4. The number of halogens is 2. The highest BCUT2D eigenvalue weighted by molar-refractivity contribution is 7.05. The van der Waals surface area contributed by atoms with E-state index in [9.17, 15) is 4.39 Å². The van der Waals surface area contributed by atoms with Crippen molar-refractivity contribution in [1.29, 1.82) is 0 Å². The molecule has 0 spiro atoms. The highest BCUT2D eigenvalue weighted by atomic mass is 35.5. The average molecular weight is 300 g/mol. The molecule has 1 N–H and O–H groups in total. The summed E-state index contributed by atoms with van der Waals surface area (Å²) in [6.07, 6.45) is 3.49. The zero-order chi connectivity index (χ0) is 13.7. The number of nitrogens with one attached hydrogen (secondary N) is 1. The molecular formula is C13H15ClFN3S. The second-order valence-corrected chi connectivity index (χ2v) is 5.50. The standard InChI is InChI=1S/C13H15ClFN3S/c1-2-5-16-12(13-8-17-18-19-13)7-9-3-4-10(14)11(15)6-9/h3-4,6,8,12,16H,2,5,7H2,1H3. The van der Waals surface area contributed by atoms with E-state index in [0.717, 1.165) is 23.4 Å². The van der Waals surface area contributed by atoms with Crippen LogP contribution in [0, 0.1) is 5.82 Å². The number of benzene rings is 1. The Hall–Kier alpha value is -1.04. The maximum absolute atomic E-state index is 13.4. The fourth-order valence-corrected chi connectivity index (χ4v) is 2.52. The molecule has 0 aliphatic carbocycles. The second-order valence-electron chi connectivity index (χ2n) is 4.28. The van der Waals surface area contributed by atoms with E-state index in [1.54, 1.807) is 12.3 Å². The van der Waals surface area contributed by atoms with Crippen LogP contribution in [0.5, 0.6) is 0 Å². The second kappa shape index (κ2) is 6.93. The van der Waals surface area contributed by atoms with Crippen LogP contribution in [0.25, 0.3) is 0 Å². The molecule has 1 aromatic carbocycles. The van der Waals surface area contributed by atoms with Crippen LogP contribution in [0.1, 0.15) is 29.8 Å². The van der Waals surface area contributed by atoms with Crippen LogP contribution in [-0.4, -0.2) is 16.1 Å². The van der Waals surface area contributed by atoms with Crippen molar-refractivity contribution >= 4 is 23.1 Å². The third-order valence-electron chi connectivity index (χ3n) is 2.79. The minimum atomic E-state index is -0.379. The molecule has 2 rings (SSSR count). The van der Waals surface area contributed by atoms with Crippen molar-refractivity contribution in [2.75, 3.05) is 6.54 Å². The van der Waals surface area contributed by atoms with E-state index in [0.29, 0.717) is 6.42 Å². The summed E-state index contributed by atoms with van der Waals surface area (Å²) in [7, 11) is 0. The molecule has 0 aliphatic heterocycles. The SMILES string of the molecule is CCCNC(Cc1ccc(Cl)c(F)c1)c1cnns1. The molecule has 0 bridgehead atoms. The first-order valence-electron chi connectivity index (χ1n) is 6.15. The van der Waals surface area contributed by atoms with Gasteiger partial charge in [-0.2, -0.15) is 0 Å². The molecule has 0 saturated carbocycles. The molecule has 19 heavy (non-hydrogen) atoms. The summed E-state index contributed by atoms with van der Waals surface area (Å²) < 4.78 is 17.3. The van der Waals surface area contributed by atoms with Crippen molar-refractivity contribution in [2.45, 2.75) is 25.8 Å². The summed E-state index contributed by atoms with van der Waals surface area (Å²) in [5.41, 5.74) is 0.906. The zero-order valence-corrected chi connectivity index (χ0v) is 12.1. The van der Waals surface area contributed by atoms with Gasteiger partial charge in [-0.3, -0.25) is 0 Å². The van der Waals surface area contributed by atoms with Crippen LogP contribution in [0.15, 0.2) is 24.4 Å². The molecule has 1 unspecified atom stereocenters. The summed E-state index contributed by atoms with van der Waals surface area (Å²) in [4.78, 5) is 1.06. The van der Waals surface area contributed by atoms with Gasteiger partial charge in [0, 0.05) is 6.04 Å². The minimum Gasteiger partial charge on any atom is -0.309 e. The molecule has 1 atom stereocenters. The monoisotopic (exact) mass is 299 g/mol. The van der Waals surface area contributed by atoms with Gasteiger partial charge in [0.15, 0.2) is 0 Å². The van der Waals surface area contributed by atoms with Crippen LogP contribution < -0.4 is 5.32 Å². The van der Waals surface area contributed by atoms with Crippen LogP contribution in [0.2, 0.25) is 5.02 Å². The van der Waals surface area contributed by atoms with E-state index < -0.39 is 0 Å². The van der Waals surface area contributed by atoms with Crippen molar-refractivity contribution in [2.24, 2.45) is 0 Å². The lowest BCUT2D eigenvalue weighted by Crippen LogP contribution is -2.23. The predicted molar refractivity (Wildman–Crippen MR) is 76.1 cm³/mol. The number of nitrogens with zero attached hydrogens (tertiary/aromatic N) is 2. The molecule has 1 heterocycles. The van der Waals surface area contributed by atoms with E-state index in [1.807, 2.05) is 6.07 Å². The zero-order valence-electron chi connectivity index (χ0n) is 10.6. The number of hydrogen-bond donors (Lipinski definition) is 1. The Kier molecular flexibility index (Phi) is 5.24. The van der Waals surface area contributed by atoms with Gasteiger partial charge in [-0.15, -0.1) is 5.10 Å². The van der Waals surface area contributed by atoms with Gasteiger partial charge in [0.05, 0.1) is 16.1 Å². The topological polar surface area (TPSA) is 37.8 Å². The third-order valence-corrected chi connectivity index (χ3v) is 3.87. The largest absolute Gasteiger partial charge is 0.309 e. The Morgan fingerprint density at radius 3 is 2.95 bits per heavy atom. The average Bonchev–Trinajstić information content (AvgIpc) is 2.92. The van der Waals surface area contributed by atoms with Gasteiger partial charge < -0.3 is 5.32 Å². The number of hydrogen-bond acceptors (Lipinski definition) is 4. The van der Waals surface area contributed by atoms with Crippen LogP contribution >= 0.6 is 23.1 Å². The highest BCUT2D eigenvalue weighted by Gasteiger charge is 2.14. The minimum absolute atomic E-state index is 0.112. The van der Waals surface area contributed by atoms with Crippen LogP contribution in [-0.2, 0) is 6.42 Å². The molecule has 6 heteroatoms. The van der Waals surface area contributed by atoms with E-state index in [-0.39, 0.29) is 16.9 Å². The lowest BCUT2D eigenvalue weighted by molar-refractivity contribution is 0.533. The molecule has 2 aromatic rings. The van der Waals surface area contributed by atoms with Crippen LogP contribution in [0.4, 0.5) is 4.39 Å². The molecule has 3 nitrogen and oxygen atoms in total.